The molecule has 1 N–H and O–H groups in total. The Morgan fingerprint density at radius 1 is 1.29 bits per heavy atom. The molecule has 0 bridgehead atoms. The molecular weight excluding hydrogens is 442 g/mol. The second-order valence-electron chi connectivity index (χ2n) is 6.31. The number of carbonyl (C=O) groups excluding carboxylic acids is 1. The van der Waals surface area contributed by atoms with E-state index in [1.54, 1.807) is 18.0 Å². The van der Waals surface area contributed by atoms with Gasteiger partial charge in [-0.05, 0) is 58.9 Å². The van der Waals surface area contributed by atoms with Gasteiger partial charge in [-0.15, -0.1) is 5.10 Å². The third-order valence-corrected chi connectivity index (χ3v) is 5.76. The second-order valence-corrected chi connectivity index (χ2v) is 8.24. The minimum Gasteiger partial charge on any atom is -0.464 e. The zero-order valence-corrected chi connectivity index (χ0v) is 17.5. The van der Waals surface area contributed by atoms with Crippen LogP contribution in [-0.4, -0.2) is 26.1 Å². The fraction of sp³-hybridized carbons (Fsp3) is 0.158. The van der Waals surface area contributed by atoms with Gasteiger partial charge in [0.2, 0.25) is 11.1 Å². The van der Waals surface area contributed by atoms with Crippen LogP contribution in [0.1, 0.15) is 11.1 Å². The molecule has 2 aromatic carbocycles. The van der Waals surface area contributed by atoms with Crippen molar-refractivity contribution >= 4 is 50.3 Å². The van der Waals surface area contributed by atoms with E-state index in [1.807, 2.05) is 43.3 Å². The smallest absolute Gasteiger partial charge is 0.228 e. The van der Waals surface area contributed by atoms with Crippen LogP contribution in [0.15, 0.2) is 61.6 Å². The minimum absolute atomic E-state index is 0.126. The lowest BCUT2D eigenvalue weighted by molar-refractivity contribution is -0.115. The minimum atomic E-state index is -0.126. The number of benzene rings is 2. The molecule has 0 aliphatic heterocycles. The van der Waals surface area contributed by atoms with Crippen molar-refractivity contribution in [2.24, 2.45) is 7.05 Å². The van der Waals surface area contributed by atoms with Crippen LogP contribution in [0.2, 0.25) is 0 Å². The number of aromatic nitrogens is 4. The predicted molar refractivity (Wildman–Crippen MR) is 110 cm³/mol. The molecular formula is C19H16BrN5O2S. The summed E-state index contributed by atoms with van der Waals surface area (Å²) >= 11 is 4.84. The SMILES string of the molecule is Cc1ccc2c(CC(=O)Nc3cc(Br)ccc3Sc3nnnn3C)coc2c1. The molecule has 28 heavy (non-hydrogen) atoms. The van der Waals surface area contributed by atoms with Crippen LogP contribution >= 0.6 is 27.7 Å². The monoisotopic (exact) mass is 457 g/mol. The molecule has 0 fully saturated rings. The molecule has 0 unspecified atom stereocenters. The zero-order valence-electron chi connectivity index (χ0n) is 15.1. The van der Waals surface area contributed by atoms with Crippen LogP contribution in [0.25, 0.3) is 11.0 Å². The average molecular weight is 458 g/mol. The zero-order chi connectivity index (χ0) is 19.7. The number of amides is 1. The van der Waals surface area contributed by atoms with Gasteiger partial charge in [-0.3, -0.25) is 4.79 Å². The molecule has 2 heterocycles. The lowest BCUT2D eigenvalue weighted by atomic mass is 10.1. The first kappa shape index (κ1) is 18.7. The fourth-order valence-electron chi connectivity index (χ4n) is 2.79. The summed E-state index contributed by atoms with van der Waals surface area (Å²) in [5, 5.41) is 16.0. The van der Waals surface area contributed by atoms with E-state index >= 15 is 0 Å². The topological polar surface area (TPSA) is 85.8 Å². The summed E-state index contributed by atoms with van der Waals surface area (Å²) in [6.45, 7) is 2.01. The molecule has 0 aliphatic rings. The molecule has 0 atom stereocenters. The summed E-state index contributed by atoms with van der Waals surface area (Å²) in [5.41, 5.74) is 3.45. The summed E-state index contributed by atoms with van der Waals surface area (Å²) in [7, 11) is 1.77. The number of hydrogen-bond acceptors (Lipinski definition) is 6. The summed E-state index contributed by atoms with van der Waals surface area (Å²) < 4.78 is 8.04. The third-order valence-electron chi connectivity index (χ3n) is 4.16. The predicted octanol–water partition coefficient (Wildman–Crippen LogP) is 4.36. The maximum Gasteiger partial charge on any atom is 0.228 e. The number of rotatable bonds is 5. The Morgan fingerprint density at radius 2 is 2.14 bits per heavy atom. The van der Waals surface area contributed by atoms with Crippen LogP contribution in [0, 0.1) is 6.92 Å². The largest absolute Gasteiger partial charge is 0.464 e. The van der Waals surface area contributed by atoms with Gasteiger partial charge in [0.15, 0.2) is 0 Å². The van der Waals surface area contributed by atoms with E-state index in [9.17, 15) is 4.79 Å². The number of anilines is 1. The van der Waals surface area contributed by atoms with Crippen LogP contribution in [0.3, 0.4) is 0 Å². The number of nitrogens with one attached hydrogen (secondary N) is 1. The standard InChI is InChI=1S/C19H16BrN5O2S/c1-11-3-5-14-12(10-27-16(14)7-11)8-18(26)21-15-9-13(20)4-6-17(15)28-19-22-23-24-25(19)2/h3-7,9-10H,8H2,1-2H3,(H,21,26). The molecule has 7 nitrogen and oxygen atoms in total. The first-order chi connectivity index (χ1) is 13.5. The number of tetrazole rings is 1. The molecule has 0 saturated heterocycles. The van der Waals surface area contributed by atoms with Gasteiger partial charge >= 0.3 is 0 Å². The molecule has 2 aromatic heterocycles. The van der Waals surface area contributed by atoms with Crippen LogP contribution in [0.4, 0.5) is 5.69 Å². The summed E-state index contributed by atoms with van der Waals surface area (Å²) in [6, 6.07) is 11.6. The number of furan rings is 1. The highest BCUT2D eigenvalue weighted by molar-refractivity contribution is 9.10. The third kappa shape index (κ3) is 3.95. The average Bonchev–Trinajstić information content (AvgIpc) is 3.23. The molecule has 1 amide bonds. The lowest BCUT2D eigenvalue weighted by Crippen LogP contribution is -2.14. The van der Waals surface area contributed by atoms with Gasteiger partial charge in [0, 0.05) is 27.4 Å². The molecule has 0 spiro atoms. The van der Waals surface area contributed by atoms with Crippen molar-refractivity contribution in [1.82, 2.24) is 20.2 Å². The van der Waals surface area contributed by atoms with E-state index in [1.165, 1.54) is 11.8 Å². The van der Waals surface area contributed by atoms with Gasteiger partial charge in [-0.2, -0.15) is 0 Å². The van der Waals surface area contributed by atoms with Crippen molar-refractivity contribution in [2.45, 2.75) is 23.4 Å². The van der Waals surface area contributed by atoms with E-state index in [2.05, 4.69) is 36.8 Å². The van der Waals surface area contributed by atoms with Crippen molar-refractivity contribution in [3.63, 3.8) is 0 Å². The Hall–Kier alpha value is -2.65. The number of fused-ring (bicyclic) bond motifs is 1. The number of hydrogen-bond donors (Lipinski definition) is 1. The molecule has 4 rings (SSSR count). The first-order valence-electron chi connectivity index (χ1n) is 8.46. The molecule has 0 radical (unpaired) electrons. The molecule has 142 valence electrons. The summed E-state index contributed by atoms with van der Waals surface area (Å²) in [5.74, 6) is -0.126. The van der Waals surface area contributed by atoms with E-state index in [-0.39, 0.29) is 12.3 Å². The Labute approximate surface area is 173 Å². The number of halogens is 1. The number of carbonyl (C=O) groups is 1. The highest BCUT2D eigenvalue weighted by Gasteiger charge is 2.15. The molecule has 9 heteroatoms. The molecule has 0 saturated carbocycles. The number of aryl methyl sites for hydroxylation is 2. The highest BCUT2D eigenvalue weighted by atomic mass is 79.9. The van der Waals surface area contributed by atoms with Gasteiger partial charge in [-0.25, -0.2) is 4.68 Å². The Bertz CT molecular complexity index is 1170. The van der Waals surface area contributed by atoms with Crippen molar-refractivity contribution in [3.05, 3.63) is 58.3 Å². The normalized spacial score (nSPS) is 11.1. The van der Waals surface area contributed by atoms with E-state index < -0.39 is 0 Å². The Morgan fingerprint density at radius 3 is 2.93 bits per heavy atom. The van der Waals surface area contributed by atoms with Gasteiger partial charge in [0.25, 0.3) is 0 Å². The van der Waals surface area contributed by atoms with Gasteiger partial charge in [0.05, 0.1) is 18.4 Å². The fourth-order valence-corrected chi connectivity index (χ4v) is 3.95. The van der Waals surface area contributed by atoms with Crippen LogP contribution in [0.5, 0.6) is 0 Å². The van der Waals surface area contributed by atoms with Crippen LogP contribution < -0.4 is 5.32 Å². The van der Waals surface area contributed by atoms with Gasteiger partial charge in [-0.1, -0.05) is 28.1 Å². The van der Waals surface area contributed by atoms with E-state index in [0.29, 0.717) is 10.8 Å². The molecule has 4 aromatic rings. The van der Waals surface area contributed by atoms with Crippen molar-refractivity contribution in [2.75, 3.05) is 5.32 Å². The summed E-state index contributed by atoms with van der Waals surface area (Å²) in [6.07, 6.45) is 1.86. The van der Waals surface area contributed by atoms with Crippen molar-refractivity contribution in [1.29, 1.82) is 0 Å². The maximum absolute atomic E-state index is 12.7. The van der Waals surface area contributed by atoms with Gasteiger partial charge < -0.3 is 9.73 Å². The van der Waals surface area contributed by atoms with Crippen molar-refractivity contribution < 1.29 is 9.21 Å². The van der Waals surface area contributed by atoms with Crippen LogP contribution in [-0.2, 0) is 18.3 Å². The Kier molecular flexibility index (Phi) is 5.19. The molecule has 0 aliphatic carbocycles. The maximum atomic E-state index is 12.7. The second kappa shape index (κ2) is 7.76. The first-order valence-corrected chi connectivity index (χ1v) is 10.1. The highest BCUT2D eigenvalue weighted by Crippen LogP contribution is 2.34. The lowest BCUT2D eigenvalue weighted by Gasteiger charge is -2.10. The van der Waals surface area contributed by atoms with E-state index in [4.69, 9.17) is 4.42 Å². The van der Waals surface area contributed by atoms with Crippen molar-refractivity contribution in [3.8, 4) is 0 Å². The van der Waals surface area contributed by atoms with E-state index in [0.717, 1.165) is 31.5 Å². The number of nitrogens with zero attached hydrogens (tertiary/aromatic N) is 4. The quantitative estimate of drug-likeness (QED) is 0.479. The Balaban J connectivity index is 1.55. The van der Waals surface area contributed by atoms with Gasteiger partial charge in [0.1, 0.15) is 5.58 Å². The summed E-state index contributed by atoms with van der Waals surface area (Å²) in [4.78, 5) is 13.5.